The number of nitrogens with zero attached hydrogens (tertiary/aromatic N) is 2. The summed E-state index contributed by atoms with van der Waals surface area (Å²) in [6.07, 6.45) is 1.03. The largest absolute Gasteiger partial charge is 0.496 e. The molecule has 0 aliphatic carbocycles. The molecule has 2 heterocycles. The van der Waals surface area contributed by atoms with Crippen LogP contribution in [0.5, 0.6) is 11.6 Å². The van der Waals surface area contributed by atoms with Gasteiger partial charge in [0.1, 0.15) is 5.75 Å². The van der Waals surface area contributed by atoms with Gasteiger partial charge in [0.25, 0.3) is 5.91 Å². The smallest absolute Gasteiger partial charge is 0.280 e. The third-order valence-electron chi connectivity index (χ3n) is 5.51. The van der Waals surface area contributed by atoms with Crippen LogP contribution in [-0.2, 0) is 0 Å². The Hall–Kier alpha value is -2.90. The molecule has 1 aliphatic rings. The number of aryl methyl sites for hydroxylation is 1. The van der Waals surface area contributed by atoms with Crippen molar-refractivity contribution in [3.63, 3.8) is 0 Å². The zero-order valence-corrected chi connectivity index (χ0v) is 19.2. The number of aromatic hydroxyl groups is 1. The van der Waals surface area contributed by atoms with Crippen LogP contribution in [0.15, 0.2) is 51.9 Å². The minimum atomic E-state index is -0.472. The molecule has 0 fully saturated rings. The van der Waals surface area contributed by atoms with Gasteiger partial charge in [-0.05, 0) is 47.0 Å². The van der Waals surface area contributed by atoms with Gasteiger partial charge in [0, 0.05) is 5.56 Å². The van der Waals surface area contributed by atoms with E-state index >= 15 is 0 Å². The van der Waals surface area contributed by atoms with E-state index in [0.717, 1.165) is 22.0 Å². The summed E-state index contributed by atoms with van der Waals surface area (Å²) in [4.78, 5) is 17.4. The molecular weight excluding hydrogens is 458 g/mol. The number of benzene rings is 2. The second-order valence-corrected chi connectivity index (χ2v) is 8.48. The van der Waals surface area contributed by atoms with Crippen molar-refractivity contribution in [3.8, 4) is 22.9 Å². The number of rotatable bonds is 6. The Morgan fingerprint density at radius 1 is 1.16 bits per heavy atom. The Balaban J connectivity index is 1.97. The van der Waals surface area contributed by atoms with E-state index in [1.807, 2.05) is 50.2 Å². The predicted octanol–water partition coefficient (Wildman–Crippen LogP) is 5.19. The lowest BCUT2D eigenvalue weighted by Crippen LogP contribution is -2.19. The SMILES string of the molecule is CCCC(N)n1c(O)c2c(c1-c1ccc(C)cc1)C(=O)N=C2c1ccc(Br)c(OC)c1. The van der Waals surface area contributed by atoms with Gasteiger partial charge in [-0.3, -0.25) is 9.36 Å². The number of aromatic nitrogens is 1. The van der Waals surface area contributed by atoms with Crippen LogP contribution in [0.2, 0.25) is 0 Å². The van der Waals surface area contributed by atoms with E-state index in [0.29, 0.717) is 40.3 Å². The van der Waals surface area contributed by atoms with Crippen LogP contribution in [0.3, 0.4) is 0 Å². The number of carbonyl (C=O) groups is 1. The normalized spacial score (nSPS) is 13.8. The Bertz CT molecular complexity index is 1200. The molecule has 2 aromatic carbocycles. The average molecular weight is 482 g/mol. The highest BCUT2D eigenvalue weighted by molar-refractivity contribution is 9.10. The standard InChI is InChI=1S/C24H24BrN3O3/c1-4-5-18(26)28-22(14-8-6-13(2)7-9-14)20-19(24(28)30)21(27-23(20)29)15-10-11-16(25)17(12-15)31-3/h6-12,18,30H,4-5,26H2,1-3H3. The highest BCUT2D eigenvalue weighted by Gasteiger charge is 2.37. The third kappa shape index (κ3) is 3.58. The first kappa shape index (κ1) is 21.3. The second-order valence-electron chi connectivity index (χ2n) is 7.63. The molecule has 0 spiro atoms. The lowest BCUT2D eigenvalue weighted by Gasteiger charge is -2.19. The number of hydrogen-bond acceptors (Lipinski definition) is 4. The van der Waals surface area contributed by atoms with Crippen molar-refractivity contribution < 1.29 is 14.6 Å². The van der Waals surface area contributed by atoms with Gasteiger partial charge in [-0.1, -0.05) is 49.2 Å². The van der Waals surface area contributed by atoms with Crippen LogP contribution >= 0.6 is 15.9 Å². The fourth-order valence-electron chi connectivity index (χ4n) is 3.98. The molecule has 1 amide bonds. The van der Waals surface area contributed by atoms with Gasteiger partial charge >= 0.3 is 0 Å². The zero-order chi connectivity index (χ0) is 22.3. The summed E-state index contributed by atoms with van der Waals surface area (Å²) in [6.45, 7) is 4.03. The van der Waals surface area contributed by atoms with Crippen LogP contribution in [0.4, 0.5) is 0 Å². The maximum atomic E-state index is 13.1. The van der Waals surface area contributed by atoms with Crippen LogP contribution < -0.4 is 10.5 Å². The summed E-state index contributed by atoms with van der Waals surface area (Å²) < 4.78 is 7.85. The quantitative estimate of drug-likeness (QED) is 0.506. The first-order chi connectivity index (χ1) is 14.9. The van der Waals surface area contributed by atoms with Crippen molar-refractivity contribution in [2.24, 2.45) is 10.7 Å². The summed E-state index contributed by atoms with van der Waals surface area (Å²) in [5, 5.41) is 11.3. The maximum Gasteiger partial charge on any atom is 0.280 e. The summed E-state index contributed by atoms with van der Waals surface area (Å²) in [6, 6.07) is 13.3. The van der Waals surface area contributed by atoms with Gasteiger partial charge in [-0.15, -0.1) is 0 Å². The highest BCUT2D eigenvalue weighted by atomic mass is 79.9. The molecule has 6 nitrogen and oxygen atoms in total. The molecule has 160 valence electrons. The van der Waals surface area contributed by atoms with Crippen LogP contribution in [-0.4, -0.2) is 28.4 Å². The molecular formula is C24H24BrN3O3. The van der Waals surface area contributed by atoms with Crippen molar-refractivity contribution in [2.75, 3.05) is 7.11 Å². The van der Waals surface area contributed by atoms with Crippen molar-refractivity contribution >= 4 is 27.5 Å². The van der Waals surface area contributed by atoms with E-state index in [1.54, 1.807) is 17.7 Å². The molecule has 31 heavy (non-hydrogen) atoms. The van der Waals surface area contributed by atoms with E-state index in [4.69, 9.17) is 10.5 Å². The molecule has 0 radical (unpaired) electrons. The molecule has 1 aliphatic heterocycles. The zero-order valence-electron chi connectivity index (χ0n) is 17.6. The monoisotopic (exact) mass is 481 g/mol. The summed E-state index contributed by atoms with van der Waals surface area (Å²) in [5.41, 5.74) is 10.9. The number of amides is 1. The number of halogens is 1. The minimum Gasteiger partial charge on any atom is -0.496 e. The molecule has 7 heteroatoms. The molecule has 0 saturated heterocycles. The van der Waals surface area contributed by atoms with E-state index in [1.165, 1.54) is 0 Å². The highest BCUT2D eigenvalue weighted by Crippen LogP contribution is 2.43. The molecule has 4 rings (SSSR count). The number of nitrogens with two attached hydrogens (primary N) is 1. The fourth-order valence-corrected chi connectivity index (χ4v) is 4.39. The fraction of sp³-hybridized carbons (Fsp3) is 0.250. The minimum absolute atomic E-state index is 0.0435. The molecule has 0 bridgehead atoms. The first-order valence-electron chi connectivity index (χ1n) is 10.1. The van der Waals surface area contributed by atoms with Crippen LogP contribution in [0, 0.1) is 6.92 Å². The second kappa shape index (κ2) is 8.32. The van der Waals surface area contributed by atoms with Crippen LogP contribution in [0.25, 0.3) is 11.3 Å². The summed E-state index contributed by atoms with van der Waals surface area (Å²) in [5.74, 6) is 0.180. The van der Waals surface area contributed by atoms with Crippen molar-refractivity contribution in [1.29, 1.82) is 0 Å². The lowest BCUT2D eigenvalue weighted by atomic mass is 9.99. The van der Waals surface area contributed by atoms with Gasteiger partial charge in [0.2, 0.25) is 5.88 Å². The topological polar surface area (TPSA) is 89.8 Å². The number of carbonyl (C=O) groups excluding carboxylic acids is 1. The van der Waals surface area contributed by atoms with Crippen LogP contribution in [0.1, 0.15) is 53.0 Å². The van der Waals surface area contributed by atoms with Crippen molar-refractivity contribution in [2.45, 2.75) is 32.9 Å². The van der Waals surface area contributed by atoms with Crippen molar-refractivity contribution in [3.05, 3.63) is 69.2 Å². The molecule has 3 N–H and O–H groups in total. The van der Waals surface area contributed by atoms with Gasteiger partial charge in [-0.2, -0.15) is 0 Å². The lowest BCUT2D eigenvalue weighted by molar-refractivity contribution is 0.101. The summed E-state index contributed by atoms with van der Waals surface area (Å²) in [7, 11) is 1.57. The van der Waals surface area contributed by atoms with E-state index < -0.39 is 6.17 Å². The maximum absolute atomic E-state index is 13.1. The summed E-state index contributed by atoms with van der Waals surface area (Å²) >= 11 is 3.44. The molecule has 3 aromatic rings. The van der Waals surface area contributed by atoms with Gasteiger partial charge < -0.3 is 15.6 Å². The van der Waals surface area contributed by atoms with Gasteiger partial charge in [0.15, 0.2) is 0 Å². The number of hydrogen-bond donors (Lipinski definition) is 2. The van der Waals surface area contributed by atoms with E-state index in [-0.39, 0.29) is 11.8 Å². The van der Waals surface area contributed by atoms with Gasteiger partial charge in [0.05, 0.1) is 40.3 Å². The third-order valence-corrected chi connectivity index (χ3v) is 6.16. The van der Waals surface area contributed by atoms with Gasteiger partial charge in [-0.25, -0.2) is 4.99 Å². The number of fused-ring (bicyclic) bond motifs is 1. The van der Waals surface area contributed by atoms with Crippen molar-refractivity contribution in [1.82, 2.24) is 4.57 Å². The molecule has 0 saturated carbocycles. The Morgan fingerprint density at radius 3 is 2.48 bits per heavy atom. The Kier molecular flexibility index (Phi) is 5.73. The first-order valence-corrected chi connectivity index (χ1v) is 10.9. The number of ether oxygens (including phenoxy) is 1. The molecule has 1 unspecified atom stereocenters. The van der Waals surface area contributed by atoms with E-state index in [9.17, 15) is 9.90 Å². The number of aliphatic imine (C=N–C) groups is 1. The Labute approximate surface area is 189 Å². The molecule has 1 atom stereocenters. The average Bonchev–Trinajstić information content (AvgIpc) is 3.25. The van der Waals surface area contributed by atoms with E-state index in [2.05, 4.69) is 20.9 Å². The number of methoxy groups -OCH3 is 1. The predicted molar refractivity (Wildman–Crippen MR) is 125 cm³/mol. The Morgan fingerprint density at radius 2 is 1.84 bits per heavy atom. The molecule has 1 aromatic heterocycles.